The van der Waals surface area contributed by atoms with Crippen LogP contribution in [0.4, 0.5) is 11.4 Å². The van der Waals surface area contributed by atoms with Gasteiger partial charge in [0.15, 0.2) is 5.58 Å². The minimum absolute atomic E-state index is 0.184. The summed E-state index contributed by atoms with van der Waals surface area (Å²) in [4.78, 5) is 42.6. The summed E-state index contributed by atoms with van der Waals surface area (Å²) >= 11 is 12.1. The number of H-pyrrole nitrogens is 1. The van der Waals surface area contributed by atoms with Gasteiger partial charge in [-0.25, -0.2) is 4.79 Å². The van der Waals surface area contributed by atoms with Gasteiger partial charge in [0.2, 0.25) is 0 Å². The van der Waals surface area contributed by atoms with Crippen LogP contribution in [0, 0.1) is 0 Å². The SMILES string of the molecule is C[C@H]1CN(c2ccc(Cl)c(Cl)c2)CCN1C(=O)C(=O)Nc1ccc2[nH]c(=O)oc2c1. The second kappa shape index (κ2) is 8.04. The molecule has 0 spiro atoms. The fourth-order valence-corrected chi connectivity index (χ4v) is 3.81. The standard InChI is InChI=1S/C20H18Cl2N4O4/c1-11-10-25(13-3-4-14(21)15(22)9-13)6-7-26(11)19(28)18(27)23-12-2-5-16-17(8-12)30-20(29)24-16/h2-5,8-9,11H,6-7,10H2,1H3,(H,23,27)(H,24,29)/t11-/m0/s1. The molecular weight excluding hydrogens is 431 g/mol. The molecule has 1 fully saturated rings. The van der Waals surface area contributed by atoms with Gasteiger partial charge in [0.05, 0.1) is 15.6 Å². The molecule has 30 heavy (non-hydrogen) atoms. The average Bonchev–Trinajstić information content (AvgIpc) is 3.08. The maximum absolute atomic E-state index is 12.7. The van der Waals surface area contributed by atoms with Crippen molar-refractivity contribution in [3.63, 3.8) is 0 Å². The molecule has 2 aromatic carbocycles. The molecule has 156 valence electrons. The van der Waals surface area contributed by atoms with E-state index in [0.717, 1.165) is 5.69 Å². The second-order valence-electron chi connectivity index (χ2n) is 7.07. The zero-order valence-electron chi connectivity index (χ0n) is 15.9. The average molecular weight is 449 g/mol. The first-order valence-corrected chi connectivity index (χ1v) is 10.0. The van der Waals surface area contributed by atoms with E-state index >= 15 is 0 Å². The van der Waals surface area contributed by atoms with Gasteiger partial charge in [-0.2, -0.15) is 0 Å². The summed E-state index contributed by atoms with van der Waals surface area (Å²) in [5.41, 5.74) is 2.09. The van der Waals surface area contributed by atoms with E-state index in [1.807, 2.05) is 13.0 Å². The van der Waals surface area contributed by atoms with E-state index in [0.29, 0.717) is 46.5 Å². The van der Waals surface area contributed by atoms with E-state index in [1.54, 1.807) is 24.3 Å². The molecule has 2 amide bonds. The first kappa shape index (κ1) is 20.3. The van der Waals surface area contributed by atoms with Crippen LogP contribution in [0.5, 0.6) is 0 Å². The second-order valence-corrected chi connectivity index (χ2v) is 7.89. The normalized spacial score (nSPS) is 16.7. The van der Waals surface area contributed by atoms with Gasteiger partial charge in [0, 0.05) is 43.1 Å². The number of aromatic amines is 1. The number of amides is 2. The van der Waals surface area contributed by atoms with Crippen LogP contribution in [0.1, 0.15) is 6.92 Å². The number of nitrogens with one attached hydrogen (secondary N) is 2. The number of hydrogen-bond acceptors (Lipinski definition) is 5. The van der Waals surface area contributed by atoms with E-state index in [4.69, 9.17) is 27.6 Å². The van der Waals surface area contributed by atoms with E-state index < -0.39 is 17.6 Å². The maximum atomic E-state index is 12.7. The van der Waals surface area contributed by atoms with Crippen LogP contribution in [0.25, 0.3) is 11.1 Å². The first-order chi connectivity index (χ1) is 14.3. The molecule has 1 atom stereocenters. The van der Waals surface area contributed by atoms with Crippen molar-refractivity contribution in [3.8, 4) is 0 Å². The lowest BCUT2D eigenvalue weighted by molar-refractivity contribution is -0.144. The fourth-order valence-electron chi connectivity index (χ4n) is 3.51. The first-order valence-electron chi connectivity index (χ1n) is 9.26. The van der Waals surface area contributed by atoms with Crippen LogP contribution in [0.3, 0.4) is 0 Å². The smallest absolute Gasteiger partial charge is 0.408 e. The lowest BCUT2D eigenvalue weighted by Crippen LogP contribution is -2.56. The summed E-state index contributed by atoms with van der Waals surface area (Å²) in [6, 6.07) is 9.89. The van der Waals surface area contributed by atoms with Crippen LogP contribution >= 0.6 is 23.2 Å². The molecule has 4 rings (SSSR count). The van der Waals surface area contributed by atoms with Gasteiger partial charge in [-0.3, -0.25) is 14.6 Å². The minimum Gasteiger partial charge on any atom is -0.408 e. The Hall–Kier alpha value is -2.97. The summed E-state index contributed by atoms with van der Waals surface area (Å²) in [6.07, 6.45) is 0. The summed E-state index contributed by atoms with van der Waals surface area (Å²) < 4.78 is 4.97. The number of carbonyl (C=O) groups is 2. The number of anilines is 2. The summed E-state index contributed by atoms with van der Waals surface area (Å²) in [5, 5.41) is 3.52. The van der Waals surface area contributed by atoms with Gasteiger partial charge >= 0.3 is 17.6 Å². The number of rotatable bonds is 2. The third kappa shape index (κ3) is 4.01. The molecule has 0 saturated carbocycles. The summed E-state index contributed by atoms with van der Waals surface area (Å²) in [6.45, 7) is 3.38. The highest BCUT2D eigenvalue weighted by Gasteiger charge is 2.31. The summed E-state index contributed by atoms with van der Waals surface area (Å²) in [7, 11) is 0. The molecule has 2 heterocycles. The number of hydrogen-bond donors (Lipinski definition) is 2. The molecule has 8 nitrogen and oxygen atoms in total. The molecule has 0 radical (unpaired) electrons. The Kier molecular flexibility index (Phi) is 5.44. The quantitative estimate of drug-likeness (QED) is 0.586. The van der Waals surface area contributed by atoms with Crippen molar-refractivity contribution in [2.75, 3.05) is 29.9 Å². The van der Waals surface area contributed by atoms with Crippen molar-refractivity contribution in [1.82, 2.24) is 9.88 Å². The number of halogens is 2. The van der Waals surface area contributed by atoms with Crippen molar-refractivity contribution in [3.05, 3.63) is 57.0 Å². The van der Waals surface area contributed by atoms with Gasteiger partial charge in [0.25, 0.3) is 0 Å². The maximum Gasteiger partial charge on any atom is 0.417 e. The zero-order valence-corrected chi connectivity index (χ0v) is 17.5. The summed E-state index contributed by atoms with van der Waals surface area (Å²) in [5.74, 6) is -1.95. The highest BCUT2D eigenvalue weighted by Crippen LogP contribution is 2.28. The molecule has 2 N–H and O–H groups in total. The molecule has 3 aromatic rings. The number of nitrogens with zero attached hydrogens (tertiary/aromatic N) is 2. The van der Waals surface area contributed by atoms with E-state index in [1.165, 1.54) is 11.0 Å². The molecular formula is C20H18Cl2N4O4. The number of fused-ring (bicyclic) bond motifs is 1. The van der Waals surface area contributed by atoms with Crippen molar-refractivity contribution in [1.29, 1.82) is 0 Å². The van der Waals surface area contributed by atoms with Crippen molar-refractivity contribution in [2.45, 2.75) is 13.0 Å². The van der Waals surface area contributed by atoms with Crippen molar-refractivity contribution >= 4 is 57.5 Å². The van der Waals surface area contributed by atoms with Crippen LogP contribution in [0.15, 0.2) is 45.6 Å². The van der Waals surface area contributed by atoms with Gasteiger partial charge in [-0.05, 0) is 37.3 Å². The molecule has 0 bridgehead atoms. The Labute approximate surface area is 181 Å². The lowest BCUT2D eigenvalue weighted by Gasteiger charge is -2.40. The largest absolute Gasteiger partial charge is 0.417 e. The van der Waals surface area contributed by atoms with Gasteiger partial charge in [-0.1, -0.05) is 23.2 Å². The van der Waals surface area contributed by atoms with Crippen LogP contribution in [0.2, 0.25) is 10.0 Å². The van der Waals surface area contributed by atoms with Gasteiger partial charge in [0.1, 0.15) is 0 Å². The molecule has 1 saturated heterocycles. The zero-order chi connectivity index (χ0) is 21.4. The van der Waals surface area contributed by atoms with Crippen molar-refractivity contribution in [2.24, 2.45) is 0 Å². The predicted molar refractivity (Wildman–Crippen MR) is 115 cm³/mol. The molecule has 10 heteroatoms. The predicted octanol–water partition coefficient (Wildman–Crippen LogP) is 3.10. The minimum atomic E-state index is -0.748. The van der Waals surface area contributed by atoms with Crippen LogP contribution in [-0.2, 0) is 9.59 Å². The van der Waals surface area contributed by atoms with Gasteiger partial charge in [-0.15, -0.1) is 0 Å². The highest BCUT2D eigenvalue weighted by atomic mass is 35.5. The van der Waals surface area contributed by atoms with E-state index in [2.05, 4.69) is 15.2 Å². The molecule has 1 aromatic heterocycles. The molecule has 1 aliphatic rings. The molecule has 0 aliphatic carbocycles. The third-order valence-electron chi connectivity index (χ3n) is 5.03. The molecule has 0 unspecified atom stereocenters. The number of carbonyl (C=O) groups excluding carboxylic acids is 2. The highest BCUT2D eigenvalue weighted by molar-refractivity contribution is 6.42. The number of piperazine rings is 1. The Morgan fingerprint density at radius 1 is 1.13 bits per heavy atom. The fraction of sp³-hybridized carbons (Fsp3) is 0.250. The third-order valence-corrected chi connectivity index (χ3v) is 5.77. The topological polar surface area (TPSA) is 98.6 Å². The van der Waals surface area contributed by atoms with E-state index in [9.17, 15) is 14.4 Å². The Morgan fingerprint density at radius 2 is 1.93 bits per heavy atom. The number of aromatic nitrogens is 1. The van der Waals surface area contributed by atoms with E-state index in [-0.39, 0.29) is 6.04 Å². The van der Waals surface area contributed by atoms with Crippen molar-refractivity contribution < 1.29 is 14.0 Å². The van der Waals surface area contributed by atoms with Crippen LogP contribution < -0.4 is 16.0 Å². The van der Waals surface area contributed by atoms with Gasteiger partial charge < -0.3 is 19.5 Å². The Balaban J connectivity index is 1.42. The number of oxazole rings is 1. The van der Waals surface area contributed by atoms with Crippen LogP contribution in [-0.4, -0.2) is 47.4 Å². The lowest BCUT2D eigenvalue weighted by atomic mass is 10.1. The number of benzene rings is 2. The Bertz CT molecular complexity index is 1190. The Morgan fingerprint density at radius 3 is 2.67 bits per heavy atom. The monoisotopic (exact) mass is 448 g/mol. The molecule has 1 aliphatic heterocycles.